The molecule has 0 bridgehead atoms. The number of carbonyl (C=O) groups excluding carboxylic acids is 2. The molecular weight excluding hydrogens is 164 g/mol. The second-order valence-electron chi connectivity index (χ2n) is 3.20. The van der Waals surface area contributed by atoms with Gasteiger partial charge in [0.25, 0.3) is 0 Å². The first-order chi connectivity index (χ1) is 5.04. The van der Waals surface area contributed by atoms with Crippen LogP contribution in [0.2, 0.25) is 0 Å². The molecule has 62 valence electrons. The lowest BCUT2D eigenvalue weighted by Crippen LogP contribution is -2.24. The lowest BCUT2D eigenvalue weighted by molar-refractivity contribution is -0.126. The van der Waals surface area contributed by atoms with E-state index in [2.05, 4.69) is 0 Å². The number of carbonyl (C=O) groups is 2. The van der Waals surface area contributed by atoms with Gasteiger partial charge in [-0.05, 0) is 19.3 Å². The Bertz CT molecular complexity index is 200. The van der Waals surface area contributed by atoms with Gasteiger partial charge in [-0.15, -0.1) is 11.6 Å². The van der Waals surface area contributed by atoms with Crippen molar-refractivity contribution in [1.29, 1.82) is 0 Å². The Morgan fingerprint density at radius 1 is 1.55 bits per heavy atom. The highest BCUT2D eigenvalue weighted by Gasteiger charge is 2.42. The Kier molecular flexibility index (Phi) is 2.33. The van der Waals surface area contributed by atoms with E-state index in [1.54, 1.807) is 0 Å². The highest BCUT2D eigenvalue weighted by atomic mass is 35.5. The first-order valence-electron chi connectivity index (χ1n) is 3.72. The normalized spacial score (nSPS) is 31.2. The van der Waals surface area contributed by atoms with Crippen LogP contribution >= 0.6 is 11.6 Å². The molecule has 3 atom stereocenters. The Morgan fingerprint density at radius 3 is 2.27 bits per heavy atom. The lowest BCUT2D eigenvalue weighted by atomic mass is 10.1. The van der Waals surface area contributed by atoms with Crippen molar-refractivity contribution in [2.24, 2.45) is 11.8 Å². The average Bonchev–Trinajstić information content (AvgIpc) is 2.63. The molecule has 0 spiro atoms. The van der Waals surface area contributed by atoms with E-state index in [9.17, 15) is 9.59 Å². The maximum absolute atomic E-state index is 11.2. The summed E-state index contributed by atoms with van der Waals surface area (Å²) in [4.78, 5) is 21.9. The summed E-state index contributed by atoms with van der Waals surface area (Å²) < 4.78 is 0. The molecule has 1 saturated carbocycles. The SMILES string of the molecule is CC(=O)C(Cl)C(=O)C1CC1C. The molecule has 11 heavy (non-hydrogen) atoms. The van der Waals surface area contributed by atoms with Gasteiger partial charge >= 0.3 is 0 Å². The monoisotopic (exact) mass is 174 g/mol. The number of hydrogen-bond acceptors (Lipinski definition) is 2. The second kappa shape index (κ2) is 2.94. The van der Waals surface area contributed by atoms with Gasteiger partial charge in [0.2, 0.25) is 0 Å². The minimum Gasteiger partial charge on any atom is -0.298 e. The first-order valence-corrected chi connectivity index (χ1v) is 4.16. The zero-order chi connectivity index (χ0) is 8.59. The van der Waals surface area contributed by atoms with Crippen LogP contribution < -0.4 is 0 Å². The van der Waals surface area contributed by atoms with Crippen molar-refractivity contribution in [3.05, 3.63) is 0 Å². The summed E-state index contributed by atoms with van der Waals surface area (Å²) in [5.41, 5.74) is 0. The summed E-state index contributed by atoms with van der Waals surface area (Å²) in [6.45, 7) is 3.34. The van der Waals surface area contributed by atoms with E-state index < -0.39 is 5.38 Å². The van der Waals surface area contributed by atoms with Gasteiger partial charge in [0.15, 0.2) is 16.9 Å². The predicted molar refractivity (Wildman–Crippen MR) is 42.6 cm³/mol. The van der Waals surface area contributed by atoms with Gasteiger partial charge in [0, 0.05) is 5.92 Å². The Hall–Kier alpha value is -0.370. The van der Waals surface area contributed by atoms with Crippen molar-refractivity contribution < 1.29 is 9.59 Å². The van der Waals surface area contributed by atoms with Gasteiger partial charge in [0.05, 0.1) is 0 Å². The van der Waals surface area contributed by atoms with Gasteiger partial charge < -0.3 is 0 Å². The van der Waals surface area contributed by atoms with Crippen LogP contribution in [0, 0.1) is 11.8 Å². The van der Waals surface area contributed by atoms with Crippen molar-refractivity contribution in [3.63, 3.8) is 0 Å². The van der Waals surface area contributed by atoms with E-state index in [0.717, 1.165) is 6.42 Å². The van der Waals surface area contributed by atoms with Crippen LogP contribution in [0.1, 0.15) is 20.3 Å². The summed E-state index contributed by atoms with van der Waals surface area (Å²) in [6, 6.07) is 0. The molecule has 0 aromatic heterocycles. The van der Waals surface area contributed by atoms with E-state index >= 15 is 0 Å². The minimum absolute atomic E-state index is 0.0569. The number of rotatable bonds is 3. The van der Waals surface area contributed by atoms with Gasteiger partial charge in [-0.2, -0.15) is 0 Å². The van der Waals surface area contributed by atoms with Crippen molar-refractivity contribution >= 4 is 23.2 Å². The third-order valence-corrected chi connectivity index (χ3v) is 2.60. The molecule has 2 nitrogen and oxygen atoms in total. The molecule has 1 aliphatic rings. The Balaban J connectivity index is 2.48. The number of halogens is 1. The smallest absolute Gasteiger partial charge is 0.161 e. The van der Waals surface area contributed by atoms with Crippen molar-refractivity contribution in [2.75, 3.05) is 0 Å². The molecule has 0 amide bonds. The van der Waals surface area contributed by atoms with E-state index in [4.69, 9.17) is 11.6 Å². The van der Waals surface area contributed by atoms with E-state index in [1.165, 1.54) is 6.92 Å². The molecule has 1 aliphatic carbocycles. The molecule has 3 heteroatoms. The summed E-state index contributed by atoms with van der Waals surface area (Å²) in [7, 11) is 0. The van der Waals surface area contributed by atoms with Crippen molar-refractivity contribution in [3.8, 4) is 0 Å². The molecule has 0 saturated heterocycles. The van der Waals surface area contributed by atoms with Gasteiger partial charge in [-0.3, -0.25) is 9.59 Å². The largest absolute Gasteiger partial charge is 0.298 e. The number of hydrogen-bond donors (Lipinski definition) is 0. The zero-order valence-electron chi connectivity index (χ0n) is 6.63. The summed E-state index contributed by atoms with van der Waals surface area (Å²) >= 11 is 5.57. The fraction of sp³-hybridized carbons (Fsp3) is 0.750. The Labute approximate surface area is 70.9 Å². The lowest BCUT2D eigenvalue weighted by Gasteiger charge is -2.01. The minimum atomic E-state index is -0.898. The third kappa shape index (κ3) is 1.80. The summed E-state index contributed by atoms with van der Waals surface area (Å²) in [5, 5.41) is -0.898. The maximum Gasteiger partial charge on any atom is 0.161 e. The quantitative estimate of drug-likeness (QED) is 0.479. The molecule has 0 radical (unpaired) electrons. The second-order valence-corrected chi connectivity index (χ2v) is 3.63. The molecule has 1 rings (SSSR count). The topological polar surface area (TPSA) is 34.1 Å². The van der Waals surface area contributed by atoms with Crippen LogP contribution in [0.25, 0.3) is 0 Å². The van der Waals surface area contributed by atoms with Crippen LogP contribution in [0.4, 0.5) is 0 Å². The van der Waals surface area contributed by atoms with Crippen molar-refractivity contribution in [2.45, 2.75) is 25.6 Å². The van der Waals surface area contributed by atoms with Crippen LogP contribution in [0.3, 0.4) is 0 Å². The van der Waals surface area contributed by atoms with Crippen LogP contribution in [0.15, 0.2) is 0 Å². The molecule has 0 N–H and O–H groups in total. The van der Waals surface area contributed by atoms with Crippen LogP contribution in [-0.4, -0.2) is 16.9 Å². The predicted octanol–water partition coefficient (Wildman–Crippen LogP) is 1.41. The van der Waals surface area contributed by atoms with Gasteiger partial charge in [0.1, 0.15) is 0 Å². The number of alkyl halides is 1. The number of Topliss-reactive ketones (excluding diaryl/α,β-unsaturated/α-hetero) is 2. The molecule has 0 aromatic carbocycles. The summed E-state index contributed by atoms with van der Waals surface area (Å²) in [6.07, 6.45) is 0.898. The average molecular weight is 175 g/mol. The Morgan fingerprint density at radius 2 is 2.00 bits per heavy atom. The number of ketones is 2. The molecule has 3 unspecified atom stereocenters. The molecular formula is C8H11ClO2. The van der Waals surface area contributed by atoms with Crippen molar-refractivity contribution in [1.82, 2.24) is 0 Å². The maximum atomic E-state index is 11.2. The standard InChI is InChI=1S/C8H11ClO2/c1-4-3-6(4)8(11)7(9)5(2)10/h4,6-7H,3H2,1-2H3. The van der Waals surface area contributed by atoms with E-state index in [1.807, 2.05) is 6.92 Å². The molecule has 1 fully saturated rings. The third-order valence-electron chi connectivity index (χ3n) is 2.08. The fourth-order valence-corrected chi connectivity index (χ4v) is 1.27. The van der Waals surface area contributed by atoms with Gasteiger partial charge in [-0.25, -0.2) is 0 Å². The molecule has 0 aliphatic heterocycles. The highest BCUT2D eigenvalue weighted by molar-refractivity contribution is 6.42. The zero-order valence-corrected chi connectivity index (χ0v) is 7.39. The summed E-state index contributed by atoms with van der Waals surface area (Å²) in [5.74, 6) is 0.159. The molecule has 0 heterocycles. The van der Waals surface area contributed by atoms with Gasteiger partial charge in [-0.1, -0.05) is 6.92 Å². The molecule has 0 aromatic rings. The van der Waals surface area contributed by atoms with E-state index in [0.29, 0.717) is 5.92 Å². The fourth-order valence-electron chi connectivity index (χ4n) is 1.11. The highest BCUT2D eigenvalue weighted by Crippen LogP contribution is 2.39. The van der Waals surface area contributed by atoms with Crippen LogP contribution in [0.5, 0.6) is 0 Å². The van der Waals surface area contributed by atoms with E-state index in [-0.39, 0.29) is 17.5 Å². The first kappa shape index (κ1) is 8.72. The van der Waals surface area contributed by atoms with Crippen LogP contribution in [-0.2, 0) is 9.59 Å².